The summed E-state index contributed by atoms with van der Waals surface area (Å²) in [5.41, 5.74) is 4.51. The predicted octanol–water partition coefficient (Wildman–Crippen LogP) is 4.46. The second kappa shape index (κ2) is 8.16. The third kappa shape index (κ3) is 3.73. The van der Waals surface area contributed by atoms with Crippen LogP contribution in [0.4, 0.5) is 0 Å². The zero-order chi connectivity index (χ0) is 18.6. The van der Waals surface area contributed by atoms with Gasteiger partial charge in [0.25, 0.3) is 0 Å². The molecule has 0 fully saturated rings. The highest BCUT2D eigenvalue weighted by atomic mass is 32.2. The second-order valence-electron chi connectivity index (χ2n) is 6.93. The summed E-state index contributed by atoms with van der Waals surface area (Å²) in [6.45, 7) is 5.23. The summed E-state index contributed by atoms with van der Waals surface area (Å²) in [6, 6.07) is 16.6. The summed E-state index contributed by atoms with van der Waals surface area (Å²) in [5, 5.41) is 12.7. The number of hydrogen-bond donors (Lipinski definition) is 1. The van der Waals surface area contributed by atoms with E-state index in [4.69, 9.17) is 10.3 Å². The van der Waals surface area contributed by atoms with E-state index in [2.05, 4.69) is 41.4 Å². The van der Waals surface area contributed by atoms with Crippen molar-refractivity contribution in [3.8, 4) is 17.2 Å². The second-order valence-corrected chi connectivity index (χ2v) is 8.05. The number of thioether (sulfide) groups is 1. The minimum absolute atomic E-state index is 0.249. The lowest BCUT2D eigenvalue weighted by Gasteiger charge is -2.41. The van der Waals surface area contributed by atoms with Gasteiger partial charge in [0.15, 0.2) is 0 Å². The Morgan fingerprint density at radius 1 is 1.22 bits per heavy atom. The molecule has 0 aromatic heterocycles. The molecule has 2 aliphatic heterocycles. The SMILES string of the molecule is CCCCNC1Sc2cc(-c3ccc(C#N)cc3)ccc2C2=NCCCN21. The molecule has 0 aliphatic carbocycles. The van der Waals surface area contributed by atoms with Crippen molar-refractivity contribution in [1.82, 2.24) is 10.2 Å². The average molecular weight is 377 g/mol. The number of unbranched alkanes of at least 4 members (excludes halogenated alkanes) is 1. The molecule has 0 amide bonds. The highest BCUT2D eigenvalue weighted by molar-refractivity contribution is 8.00. The lowest BCUT2D eigenvalue weighted by molar-refractivity contribution is 0.328. The fraction of sp³-hybridized carbons (Fsp3) is 0.364. The van der Waals surface area contributed by atoms with E-state index in [0.717, 1.165) is 37.5 Å². The first-order valence-electron chi connectivity index (χ1n) is 9.66. The van der Waals surface area contributed by atoms with Crippen LogP contribution in [0.2, 0.25) is 0 Å². The topological polar surface area (TPSA) is 51.4 Å². The van der Waals surface area contributed by atoms with Crippen molar-refractivity contribution < 1.29 is 0 Å². The van der Waals surface area contributed by atoms with Gasteiger partial charge in [0.1, 0.15) is 11.3 Å². The number of benzene rings is 2. The highest BCUT2D eigenvalue weighted by Gasteiger charge is 2.32. The van der Waals surface area contributed by atoms with Crippen LogP contribution < -0.4 is 5.32 Å². The third-order valence-corrected chi connectivity index (χ3v) is 6.27. The first-order chi connectivity index (χ1) is 13.3. The number of fused-ring (bicyclic) bond motifs is 3. The molecule has 0 saturated carbocycles. The van der Waals surface area contributed by atoms with E-state index >= 15 is 0 Å². The van der Waals surface area contributed by atoms with Gasteiger partial charge in [0, 0.05) is 23.5 Å². The highest BCUT2D eigenvalue weighted by Crippen LogP contribution is 2.38. The molecular formula is C22H24N4S. The van der Waals surface area contributed by atoms with Gasteiger partial charge in [-0.2, -0.15) is 5.26 Å². The third-order valence-electron chi connectivity index (χ3n) is 5.03. The van der Waals surface area contributed by atoms with E-state index in [1.807, 2.05) is 36.0 Å². The Hall–Kier alpha value is -2.29. The van der Waals surface area contributed by atoms with Crippen molar-refractivity contribution in [1.29, 1.82) is 5.26 Å². The first kappa shape index (κ1) is 18.1. The Bertz CT molecular complexity index is 882. The number of aliphatic imine (C=N–C) groups is 1. The molecule has 2 aromatic rings. The molecule has 27 heavy (non-hydrogen) atoms. The van der Waals surface area contributed by atoms with Gasteiger partial charge in [0.2, 0.25) is 0 Å². The van der Waals surface area contributed by atoms with E-state index < -0.39 is 0 Å². The van der Waals surface area contributed by atoms with Crippen LogP contribution in [0.1, 0.15) is 37.3 Å². The molecule has 1 atom stereocenters. The molecule has 1 N–H and O–H groups in total. The number of nitrogens with zero attached hydrogens (tertiary/aromatic N) is 3. The van der Waals surface area contributed by atoms with Gasteiger partial charge in [0.05, 0.1) is 11.6 Å². The van der Waals surface area contributed by atoms with Gasteiger partial charge < -0.3 is 4.90 Å². The van der Waals surface area contributed by atoms with E-state index in [-0.39, 0.29) is 5.50 Å². The molecular weight excluding hydrogens is 352 g/mol. The van der Waals surface area contributed by atoms with Crippen LogP contribution >= 0.6 is 11.8 Å². The van der Waals surface area contributed by atoms with Gasteiger partial charge in [-0.1, -0.05) is 43.3 Å². The molecule has 2 aliphatic rings. The van der Waals surface area contributed by atoms with Gasteiger partial charge >= 0.3 is 0 Å². The monoisotopic (exact) mass is 376 g/mol. The fourth-order valence-electron chi connectivity index (χ4n) is 3.55. The summed E-state index contributed by atoms with van der Waals surface area (Å²) in [7, 11) is 0. The molecule has 4 nitrogen and oxygen atoms in total. The summed E-state index contributed by atoms with van der Waals surface area (Å²) >= 11 is 1.89. The average Bonchev–Trinajstić information content (AvgIpc) is 2.73. The molecule has 0 radical (unpaired) electrons. The van der Waals surface area contributed by atoms with Crippen LogP contribution in [0.3, 0.4) is 0 Å². The van der Waals surface area contributed by atoms with Gasteiger partial charge in [-0.3, -0.25) is 10.3 Å². The molecule has 0 saturated heterocycles. The Morgan fingerprint density at radius 2 is 2.04 bits per heavy atom. The van der Waals surface area contributed by atoms with Crippen LogP contribution in [0, 0.1) is 11.3 Å². The number of nitrogens with one attached hydrogen (secondary N) is 1. The van der Waals surface area contributed by atoms with Crippen molar-refractivity contribution in [3.63, 3.8) is 0 Å². The lowest BCUT2D eigenvalue weighted by Crippen LogP contribution is -2.51. The summed E-state index contributed by atoms with van der Waals surface area (Å²) in [4.78, 5) is 8.55. The first-order valence-corrected chi connectivity index (χ1v) is 10.5. The van der Waals surface area contributed by atoms with Crippen molar-refractivity contribution in [3.05, 3.63) is 53.6 Å². The van der Waals surface area contributed by atoms with Gasteiger partial charge in [-0.05, 0) is 54.8 Å². The standard InChI is InChI=1S/C22H24N4S/c1-2-3-11-25-22-26-13-4-12-24-21(26)19-10-9-18(14-20(19)27-22)17-7-5-16(15-23)6-8-17/h5-10,14,22,25H,2-4,11-13H2,1H3. The smallest absolute Gasteiger partial charge is 0.133 e. The van der Waals surface area contributed by atoms with Crippen LogP contribution in [-0.2, 0) is 0 Å². The Balaban J connectivity index is 1.66. The normalized spacial score (nSPS) is 18.3. The zero-order valence-corrected chi connectivity index (χ0v) is 16.4. The molecule has 138 valence electrons. The van der Waals surface area contributed by atoms with Crippen molar-refractivity contribution in [2.75, 3.05) is 19.6 Å². The maximum Gasteiger partial charge on any atom is 0.133 e. The minimum Gasteiger partial charge on any atom is -0.331 e. The Labute approximate surface area is 165 Å². The van der Waals surface area contributed by atoms with Crippen LogP contribution in [0.25, 0.3) is 11.1 Å². The summed E-state index contributed by atoms with van der Waals surface area (Å²) in [6.07, 6.45) is 3.51. The van der Waals surface area contributed by atoms with Crippen LogP contribution in [0.15, 0.2) is 52.4 Å². The maximum atomic E-state index is 9.01. The maximum absolute atomic E-state index is 9.01. The van der Waals surface area contributed by atoms with Crippen molar-refractivity contribution >= 4 is 17.6 Å². The van der Waals surface area contributed by atoms with E-state index in [1.54, 1.807) is 0 Å². The molecule has 4 rings (SSSR count). The molecule has 0 bridgehead atoms. The molecule has 2 aromatic carbocycles. The van der Waals surface area contributed by atoms with Crippen molar-refractivity contribution in [2.24, 2.45) is 4.99 Å². The zero-order valence-electron chi connectivity index (χ0n) is 15.6. The van der Waals surface area contributed by atoms with Crippen LogP contribution in [-0.4, -0.2) is 35.9 Å². The number of rotatable bonds is 5. The Kier molecular flexibility index (Phi) is 5.47. The quantitative estimate of drug-likeness (QED) is 0.783. The molecule has 2 heterocycles. The van der Waals surface area contributed by atoms with E-state index in [0.29, 0.717) is 5.56 Å². The minimum atomic E-state index is 0.249. The molecule has 1 unspecified atom stereocenters. The fourth-order valence-corrected chi connectivity index (χ4v) is 4.81. The van der Waals surface area contributed by atoms with Gasteiger partial charge in [-0.15, -0.1) is 0 Å². The van der Waals surface area contributed by atoms with E-state index in [9.17, 15) is 0 Å². The van der Waals surface area contributed by atoms with E-state index in [1.165, 1.54) is 28.9 Å². The number of hydrogen-bond acceptors (Lipinski definition) is 5. The largest absolute Gasteiger partial charge is 0.331 e. The predicted molar refractivity (Wildman–Crippen MR) is 112 cm³/mol. The van der Waals surface area contributed by atoms with Crippen LogP contribution in [0.5, 0.6) is 0 Å². The van der Waals surface area contributed by atoms with Gasteiger partial charge in [-0.25, -0.2) is 0 Å². The molecule has 5 heteroatoms. The molecule has 0 spiro atoms. The number of amidine groups is 1. The number of nitriles is 1. The Morgan fingerprint density at radius 3 is 2.81 bits per heavy atom. The lowest BCUT2D eigenvalue weighted by atomic mass is 10.0. The van der Waals surface area contributed by atoms with Crippen molar-refractivity contribution in [2.45, 2.75) is 36.6 Å². The summed E-state index contributed by atoms with van der Waals surface area (Å²) in [5.74, 6) is 1.13. The summed E-state index contributed by atoms with van der Waals surface area (Å²) < 4.78 is 0.